The summed E-state index contributed by atoms with van der Waals surface area (Å²) in [7, 11) is 1.63. The molecular weight excluding hydrogens is 318 g/mol. The first-order chi connectivity index (χ1) is 12.2. The zero-order chi connectivity index (χ0) is 17.2. The molecule has 0 saturated carbocycles. The standard InChI is InChI=1S/C18H17N5O2/c1-25-14-4-2-12(3-5-14)22-18-20-10-13(11-21-18)23-9-7-15-16(23)6-8-19-17(15)24/h2-5,7,9-11H,6,8H2,1H3,(H,19,24)(H,20,21,22). The predicted molar refractivity (Wildman–Crippen MR) is 93.7 cm³/mol. The molecule has 25 heavy (non-hydrogen) atoms. The first-order valence-electron chi connectivity index (χ1n) is 7.96. The van der Waals surface area contributed by atoms with E-state index in [1.54, 1.807) is 19.5 Å². The van der Waals surface area contributed by atoms with Crippen LogP contribution in [0.5, 0.6) is 5.75 Å². The average Bonchev–Trinajstić information content (AvgIpc) is 3.09. The number of methoxy groups -OCH3 is 1. The Labute approximate surface area is 144 Å². The van der Waals surface area contributed by atoms with E-state index in [1.807, 2.05) is 41.1 Å². The molecule has 1 aromatic carbocycles. The lowest BCUT2D eigenvalue weighted by Crippen LogP contribution is -2.32. The molecule has 0 bridgehead atoms. The summed E-state index contributed by atoms with van der Waals surface area (Å²) < 4.78 is 7.10. The molecule has 4 rings (SSSR count). The minimum absolute atomic E-state index is 0.0290. The van der Waals surface area contributed by atoms with Crippen molar-refractivity contribution >= 4 is 17.5 Å². The van der Waals surface area contributed by atoms with Gasteiger partial charge in [-0.05, 0) is 30.3 Å². The summed E-state index contributed by atoms with van der Waals surface area (Å²) in [5, 5.41) is 5.99. The maximum Gasteiger partial charge on any atom is 0.253 e. The van der Waals surface area contributed by atoms with Crippen LogP contribution in [0.4, 0.5) is 11.6 Å². The Hall–Kier alpha value is -3.35. The number of amides is 1. The molecule has 2 N–H and O–H groups in total. The van der Waals surface area contributed by atoms with Crippen LogP contribution in [0.1, 0.15) is 16.1 Å². The summed E-state index contributed by atoms with van der Waals surface area (Å²) in [6.07, 6.45) is 6.15. The van der Waals surface area contributed by atoms with Crippen molar-refractivity contribution in [1.82, 2.24) is 19.9 Å². The number of ether oxygens (including phenoxy) is 1. The fourth-order valence-electron chi connectivity index (χ4n) is 2.87. The third-order valence-corrected chi connectivity index (χ3v) is 4.15. The molecule has 7 nitrogen and oxygen atoms in total. The Morgan fingerprint density at radius 3 is 2.64 bits per heavy atom. The van der Waals surface area contributed by atoms with Gasteiger partial charge in [-0.1, -0.05) is 0 Å². The van der Waals surface area contributed by atoms with Crippen molar-refractivity contribution in [3.8, 4) is 11.4 Å². The van der Waals surface area contributed by atoms with Crippen molar-refractivity contribution in [1.29, 1.82) is 0 Å². The molecule has 0 atom stereocenters. The zero-order valence-corrected chi connectivity index (χ0v) is 13.7. The second-order valence-corrected chi connectivity index (χ2v) is 5.67. The van der Waals surface area contributed by atoms with E-state index in [9.17, 15) is 4.79 Å². The van der Waals surface area contributed by atoms with Gasteiger partial charge >= 0.3 is 0 Å². The van der Waals surface area contributed by atoms with Crippen LogP contribution in [0.3, 0.4) is 0 Å². The molecule has 2 aromatic heterocycles. The summed E-state index contributed by atoms with van der Waals surface area (Å²) in [6.45, 7) is 0.647. The average molecular weight is 335 g/mol. The second-order valence-electron chi connectivity index (χ2n) is 5.67. The number of anilines is 2. The number of aromatic nitrogens is 3. The van der Waals surface area contributed by atoms with Crippen LogP contribution in [0.15, 0.2) is 48.9 Å². The van der Waals surface area contributed by atoms with Crippen molar-refractivity contribution in [2.45, 2.75) is 6.42 Å². The van der Waals surface area contributed by atoms with Crippen LogP contribution in [0.25, 0.3) is 5.69 Å². The quantitative estimate of drug-likeness (QED) is 0.765. The molecule has 1 aliphatic heterocycles. The summed E-state index contributed by atoms with van der Waals surface area (Å²) in [6, 6.07) is 9.36. The lowest BCUT2D eigenvalue weighted by Gasteiger charge is -2.16. The largest absolute Gasteiger partial charge is 0.497 e. The van der Waals surface area contributed by atoms with Gasteiger partial charge in [-0.15, -0.1) is 0 Å². The number of carbonyl (C=O) groups excluding carboxylic acids is 1. The topological polar surface area (TPSA) is 81.1 Å². The lowest BCUT2D eigenvalue weighted by molar-refractivity contribution is 0.0945. The Kier molecular flexibility index (Phi) is 3.81. The van der Waals surface area contributed by atoms with Crippen LogP contribution >= 0.6 is 0 Å². The summed E-state index contributed by atoms with van der Waals surface area (Å²) in [4.78, 5) is 20.6. The maximum absolute atomic E-state index is 11.9. The van der Waals surface area contributed by atoms with E-state index in [4.69, 9.17) is 4.74 Å². The second kappa shape index (κ2) is 6.27. The molecule has 0 fully saturated rings. The SMILES string of the molecule is COc1ccc(Nc2ncc(-n3ccc4c3CCNC4=O)cn2)cc1. The molecule has 3 heterocycles. The number of hydrogen-bond acceptors (Lipinski definition) is 5. The van der Waals surface area contributed by atoms with Crippen molar-refractivity contribution in [2.75, 3.05) is 19.0 Å². The van der Waals surface area contributed by atoms with Crippen LogP contribution < -0.4 is 15.4 Å². The summed E-state index contributed by atoms with van der Waals surface area (Å²) in [5.74, 6) is 1.27. The predicted octanol–water partition coefficient (Wildman–Crippen LogP) is 2.31. The van der Waals surface area contributed by atoms with E-state index in [0.29, 0.717) is 18.1 Å². The van der Waals surface area contributed by atoms with Gasteiger partial charge in [0.25, 0.3) is 5.91 Å². The van der Waals surface area contributed by atoms with Gasteiger partial charge in [-0.3, -0.25) is 4.79 Å². The van der Waals surface area contributed by atoms with Gasteiger partial charge in [0.2, 0.25) is 5.95 Å². The molecule has 0 aliphatic carbocycles. The lowest BCUT2D eigenvalue weighted by atomic mass is 10.1. The van der Waals surface area contributed by atoms with Gasteiger partial charge < -0.3 is 19.9 Å². The Morgan fingerprint density at radius 1 is 1.16 bits per heavy atom. The number of carbonyl (C=O) groups is 1. The minimum atomic E-state index is -0.0290. The van der Waals surface area contributed by atoms with Gasteiger partial charge in [0.05, 0.1) is 30.8 Å². The summed E-state index contributed by atoms with van der Waals surface area (Å²) >= 11 is 0. The van der Waals surface area contributed by atoms with Gasteiger partial charge in [0, 0.05) is 30.5 Å². The number of benzene rings is 1. The maximum atomic E-state index is 11.9. The van der Waals surface area contributed by atoms with E-state index in [2.05, 4.69) is 20.6 Å². The molecule has 126 valence electrons. The highest BCUT2D eigenvalue weighted by Gasteiger charge is 2.20. The molecule has 0 spiro atoms. The number of rotatable bonds is 4. The van der Waals surface area contributed by atoms with Crippen molar-refractivity contribution in [2.24, 2.45) is 0 Å². The Balaban J connectivity index is 1.55. The van der Waals surface area contributed by atoms with E-state index in [1.165, 1.54) is 0 Å². The molecule has 3 aromatic rings. The minimum Gasteiger partial charge on any atom is -0.497 e. The van der Waals surface area contributed by atoms with Gasteiger partial charge in [0.15, 0.2) is 0 Å². The molecule has 0 unspecified atom stereocenters. The smallest absolute Gasteiger partial charge is 0.253 e. The fourth-order valence-corrected chi connectivity index (χ4v) is 2.87. The van der Waals surface area contributed by atoms with Gasteiger partial charge in [0.1, 0.15) is 5.75 Å². The molecule has 1 aliphatic rings. The van der Waals surface area contributed by atoms with Crippen LogP contribution in [0, 0.1) is 0 Å². The van der Waals surface area contributed by atoms with Crippen molar-refractivity contribution < 1.29 is 9.53 Å². The van der Waals surface area contributed by atoms with E-state index >= 15 is 0 Å². The van der Waals surface area contributed by atoms with Crippen LogP contribution in [0.2, 0.25) is 0 Å². The third kappa shape index (κ3) is 2.91. The van der Waals surface area contributed by atoms with E-state index < -0.39 is 0 Å². The Morgan fingerprint density at radius 2 is 1.92 bits per heavy atom. The highest BCUT2D eigenvalue weighted by Crippen LogP contribution is 2.21. The number of hydrogen-bond donors (Lipinski definition) is 2. The van der Waals surface area contributed by atoms with Crippen LogP contribution in [-0.2, 0) is 6.42 Å². The van der Waals surface area contributed by atoms with Crippen LogP contribution in [-0.4, -0.2) is 34.1 Å². The number of nitrogens with zero attached hydrogens (tertiary/aromatic N) is 3. The number of nitrogens with one attached hydrogen (secondary N) is 2. The first-order valence-corrected chi connectivity index (χ1v) is 7.96. The van der Waals surface area contributed by atoms with Gasteiger partial charge in [-0.25, -0.2) is 9.97 Å². The zero-order valence-electron chi connectivity index (χ0n) is 13.7. The fraction of sp³-hybridized carbons (Fsp3) is 0.167. The molecule has 1 amide bonds. The van der Waals surface area contributed by atoms with Gasteiger partial charge in [-0.2, -0.15) is 0 Å². The molecule has 0 saturated heterocycles. The highest BCUT2D eigenvalue weighted by atomic mass is 16.5. The molecule has 0 radical (unpaired) electrons. The normalized spacial score (nSPS) is 13.1. The Bertz CT molecular complexity index is 900. The first kappa shape index (κ1) is 15.2. The van der Waals surface area contributed by atoms with E-state index in [0.717, 1.165) is 29.2 Å². The molecule has 7 heteroatoms. The highest BCUT2D eigenvalue weighted by molar-refractivity contribution is 5.96. The molecular formula is C18H17N5O2. The number of fused-ring (bicyclic) bond motifs is 1. The summed E-state index contributed by atoms with van der Waals surface area (Å²) in [5.41, 5.74) is 3.41. The van der Waals surface area contributed by atoms with E-state index in [-0.39, 0.29) is 5.91 Å². The third-order valence-electron chi connectivity index (χ3n) is 4.15. The monoisotopic (exact) mass is 335 g/mol. The van der Waals surface area contributed by atoms with Crippen molar-refractivity contribution in [3.05, 3.63) is 60.2 Å². The van der Waals surface area contributed by atoms with Crippen molar-refractivity contribution in [3.63, 3.8) is 0 Å².